The first-order valence-corrected chi connectivity index (χ1v) is 5.75. The topological polar surface area (TPSA) is 53.1 Å². The molecule has 0 unspecified atom stereocenters. The molecular formula is C13H15F2N3O. The number of nitrogens with zero attached hydrogens (tertiary/aromatic N) is 2. The minimum atomic E-state index is -0.620. The number of aromatic nitrogens is 2. The highest BCUT2D eigenvalue weighted by atomic mass is 19.1. The molecule has 0 bridgehead atoms. The average molecular weight is 267 g/mol. The van der Waals surface area contributed by atoms with Crippen molar-refractivity contribution in [3.05, 3.63) is 35.2 Å². The maximum absolute atomic E-state index is 14.1. The predicted molar refractivity (Wildman–Crippen MR) is 67.7 cm³/mol. The number of hydrogen-bond acceptors (Lipinski definition) is 3. The fraction of sp³-hybridized carbons (Fsp3) is 0.308. The fourth-order valence-electron chi connectivity index (χ4n) is 2.17. The third kappa shape index (κ3) is 2.19. The number of hydrogen-bond donors (Lipinski definition) is 1. The smallest absolute Gasteiger partial charge is 0.165 e. The lowest BCUT2D eigenvalue weighted by Gasteiger charge is -2.09. The van der Waals surface area contributed by atoms with Gasteiger partial charge in [0.15, 0.2) is 11.6 Å². The summed E-state index contributed by atoms with van der Waals surface area (Å²) in [6.45, 7) is 1.93. The molecule has 0 aliphatic carbocycles. The Morgan fingerprint density at radius 2 is 2.00 bits per heavy atom. The third-order valence-corrected chi connectivity index (χ3v) is 3.05. The maximum atomic E-state index is 14.1. The van der Waals surface area contributed by atoms with Crippen molar-refractivity contribution in [2.75, 3.05) is 7.11 Å². The van der Waals surface area contributed by atoms with E-state index in [2.05, 4.69) is 5.10 Å². The van der Waals surface area contributed by atoms with Crippen molar-refractivity contribution < 1.29 is 13.5 Å². The lowest BCUT2D eigenvalue weighted by molar-refractivity contribution is 0.383. The van der Waals surface area contributed by atoms with Gasteiger partial charge in [-0.05, 0) is 13.0 Å². The number of nitrogens with two attached hydrogens (primary N) is 1. The van der Waals surface area contributed by atoms with Crippen LogP contribution in [0.25, 0.3) is 11.1 Å². The minimum Gasteiger partial charge on any atom is -0.494 e. The standard InChI is InChI=1S/C13H15F2N3O/c1-7-13(11(6-16)18(2)17-7)8-4-10(15)12(19-3)5-9(8)14/h4-5H,6,16H2,1-3H3. The Labute approximate surface area is 109 Å². The van der Waals surface area contributed by atoms with Crippen LogP contribution in [0.2, 0.25) is 0 Å². The number of benzene rings is 1. The van der Waals surface area contributed by atoms with E-state index in [1.54, 1.807) is 18.7 Å². The van der Waals surface area contributed by atoms with Gasteiger partial charge in [0, 0.05) is 30.8 Å². The molecule has 2 N–H and O–H groups in total. The molecule has 0 saturated carbocycles. The van der Waals surface area contributed by atoms with Gasteiger partial charge in [0.25, 0.3) is 0 Å². The van der Waals surface area contributed by atoms with Gasteiger partial charge in [-0.3, -0.25) is 4.68 Å². The largest absolute Gasteiger partial charge is 0.494 e. The summed E-state index contributed by atoms with van der Waals surface area (Å²) in [5.41, 5.74) is 7.58. The quantitative estimate of drug-likeness (QED) is 0.927. The lowest BCUT2D eigenvalue weighted by atomic mass is 10.0. The van der Waals surface area contributed by atoms with Crippen molar-refractivity contribution in [3.63, 3.8) is 0 Å². The van der Waals surface area contributed by atoms with E-state index in [0.717, 1.165) is 12.1 Å². The predicted octanol–water partition coefficient (Wildman–Crippen LogP) is 2.14. The molecule has 1 aromatic heterocycles. The van der Waals surface area contributed by atoms with Crippen LogP contribution in [0.3, 0.4) is 0 Å². The van der Waals surface area contributed by atoms with Gasteiger partial charge in [0.2, 0.25) is 0 Å². The molecule has 0 saturated heterocycles. The highest BCUT2D eigenvalue weighted by Crippen LogP contribution is 2.32. The molecule has 0 spiro atoms. The number of rotatable bonds is 3. The normalized spacial score (nSPS) is 10.8. The number of halogens is 2. The molecule has 1 heterocycles. The van der Waals surface area contributed by atoms with Crippen LogP contribution in [-0.2, 0) is 13.6 Å². The first kappa shape index (κ1) is 13.5. The second kappa shape index (κ2) is 4.97. The van der Waals surface area contributed by atoms with Crippen LogP contribution in [0.4, 0.5) is 8.78 Å². The first-order valence-electron chi connectivity index (χ1n) is 5.75. The maximum Gasteiger partial charge on any atom is 0.165 e. The molecule has 4 nitrogen and oxygen atoms in total. The van der Waals surface area contributed by atoms with Gasteiger partial charge >= 0.3 is 0 Å². The summed E-state index contributed by atoms with van der Waals surface area (Å²) in [4.78, 5) is 0. The van der Waals surface area contributed by atoms with Gasteiger partial charge in [-0.1, -0.05) is 0 Å². The Hall–Kier alpha value is -1.95. The van der Waals surface area contributed by atoms with Crippen LogP contribution < -0.4 is 10.5 Å². The summed E-state index contributed by atoms with van der Waals surface area (Å²) in [5.74, 6) is -1.31. The zero-order valence-corrected chi connectivity index (χ0v) is 11.0. The molecule has 1 aromatic carbocycles. The fourth-order valence-corrected chi connectivity index (χ4v) is 2.17. The van der Waals surface area contributed by atoms with E-state index < -0.39 is 11.6 Å². The summed E-state index contributed by atoms with van der Waals surface area (Å²) in [6.07, 6.45) is 0. The Balaban J connectivity index is 2.69. The van der Waals surface area contributed by atoms with E-state index in [-0.39, 0.29) is 17.9 Å². The van der Waals surface area contributed by atoms with E-state index in [1.807, 2.05) is 0 Å². The van der Waals surface area contributed by atoms with Crippen molar-refractivity contribution in [1.29, 1.82) is 0 Å². The molecule has 0 aliphatic rings. The van der Waals surface area contributed by atoms with Crippen LogP contribution in [0.1, 0.15) is 11.4 Å². The first-order chi connectivity index (χ1) is 8.99. The SMILES string of the molecule is COc1cc(F)c(-c2c(C)nn(C)c2CN)cc1F. The van der Waals surface area contributed by atoms with Gasteiger partial charge in [0.05, 0.1) is 18.5 Å². The summed E-state index contributed by atoms with van der Waals surface area (Å²) in [6, 6.07) is 2.13. The zero-order chi connectivity index (χ0) is 14.2. The Kier molecular flexibility index (Phi) is 3.53. The lowest BCUT2D eigenvalue weighted by Crippen LogP contribution is -2.06. The van der Waals surface area contributed by atoms with Crippen LogP contribution in [0, 0.1) is 18.6 Å². The number of methoxy groups -OCH3 is 1. The van der Waals surface area contributed by atoms with Crippen molar-refractivity contribution >= 4 is 0 Å². The molecule has 0 atom stereocenters. The number of ether oxygens (including phenoxy) is 1. The van der Waals surface area contributed by atoms with Gasteiger partial charge in [0.1, 0.15) is 5.82 Å². The molecule has 2 rings (SSSR count). The number of aryl methyl sites for hydroxylation is 2. The van der Waals surface area contributed by atoms with Crippen molar-refractivity contribution in [3.8, 4) is 16.9 Å². The summed E-state index contributed by atoms with van der Waals surface area (Å²) in [7, 11) is 3.01. The van der Waals surface area contributed by atoms with Crippen LogP contribution in [-0.4, -0.2) is 16.9 Å². The van der Waals surface area contributed by atoms with E-state index in [0.29, 0.717) is 17.0 Å². The summed E-state index contributed by atoms with van der Waals surface area (Å²) in [5, 5.41) is 4.19. The molecule has 0 amide bonds. The average Bonchev–Trinajstić information content (AvgIpc) is 2.65. The van der Waals surface area contributed by atoms with Crippen LogP contribution >= 0.6 is 0 Å². The van der Waals surface area contributed by atoms with Crippen LogP contribution in [0.15, 0.2) is 12.1 Å². The second-order valence-corrected chi connectivity index (χ2v) is 4.20. The van der Waals surface area contributed by atoms with Crippen LogP contribution in [0.5, 0.6) is 5.75 Å². The highest BCUT2D eigenvalue weighted by Gasteiger charge is 2.19. The molecule has 0 aliphatic heterocycles. The summed E-state index contributed by atoms with van der Waals surface area (Å²) >= 11 is 0. The van der Waals surface area contributed by atoms with E-state index in [4.69, 9.17) is 10.5 Å². The van der Waals surface area contributed by atoms with E-state index >= 15 is 0 Å². The zero-order valence-electron chi connectivity index (χ0n) is 11.0. The molecule has 102 valence electrons. The van der Waals surface area contributed by atoms with Gasteiger partial charge < -0.3 is 10.5 Å². The van der Waals surface area contributed by atoms with E-state index in [9.17, 15) is 8.78 Å². The second-order valence-electron chi connectivity index (χ2n) is 4.20. The molecule has 19 heavy (non-hydrogen) atoms. The monoisotopic (exact) mass is 267 g/mol. The highest BCUT2D eigenvalue weighted by molar-refractivity contribution is 5.70. The van der Waals surface area contributed by atoms with Crippen molar-refractivity contribution in [1.82, 2.24) is 9.78 Å². The Bertz CT molecular complexity index is 623. The molecule has 0 fully saturated rings. The molecule has 2 aromatic rings. The van der Waals surface area contributed by atoms with Gasteiger partial charge in [-0.2, -0.15) is 5.10 Å². The molecular weight excluding hydrogens is 252 g/mol. The van der Waals surface area contributed by atoms with Crippen molar-refractivity contribution in [2.24, 2.45) is 12.8 Å². The van der Waals surface area contributed by atoms with Gasteiger partial charge in [-0.25, -0.2) is 8.78 Å². The van der Waals surface area contributed by atoms with Gasteiger partial charge in [-0.15, -0.1) is 0 Å². The van der Waals surface area contributed by atoms with Crippen molar-refractivity contribution in [2.45, 2.75) is 13.5 Å². The Morgan fingerprint density at radius 3 is 2.58 bits per heavy atom. The molecule has 0 radical (unpaired) electrons. The summed E-state index contributed by atoms with van der Waals surface area (Å²) < 4.78 is 34.1. The minimum absolute atomic E-state index is 0.128. The van der Waals surface area contributed by atoms with E-state index in [1.165, 1.54) is 7.11 Å². The molecule has 6 heteroatoms. The third-order valence-electron chi connectivity index (χ3n) is 3.05. The Morgan fingerprint density at radius 1 is 1.32 bits per heavy atom.